The molecular weight excluding hydrogens is 172 g/mol. The number of hydrogen-bond acceptors (Lipinski definition) is 4. The van der Waals surface area contributed by atoms with E-state index in [4.69, 9.17) is 20.4 Å². The van der Waals surface area contributed by atoms with Crippen LogP contribution < -0.4 is 0 Å². The largest absolute Gasteiger partial charge is 0.397 e. The van der Waals surface area contributed by atoms with Crippen molar-refractivity contribution in [3.8, 4) is 0 Å². The molecular formula is C9H24O4. The summed E-state index contributed by atoms with van der Waals surface area (Å²) in [5.74, 6) is 0. The van der Waals surface area contributed by atoms with Gasteiger partial charge in [-0.05, 0) is 33.1 Å². The van der Waals surface area contributed by atoms with Crippen LogP contribution >= 0.6 is 0 Å². The van der Waals surface area contributed by atoms with Crippen molar-refractivity contribution in [3.63, 3.8) is 0 Å². The fourth-order valence-electron chi connectivity index (χ4n) is 0.400. The lowest BCUT2D eigenvalue weighted by molar-refractivity contribution is 0.257. The van der Waals surface area contributed by atoms with E-state index >= 15 is 0 Å². The van der Waals surface area contributed by atoms with Crippen LogP contribution in [-0.2, 0) is 0 Å². The molecule has 0 aliphatic carbocycles. The quantitative estimate of drug-likeness (QED) is 0.482. The monoisotopic (exact) mass is 196 g/mol. The van der Waals surface area contributed by atoms with Gasteiger partial charge in [-0.2, -0.15) is 0 Å². The summed E-state index contributed by atoms with van der Waals surface area (Å²) < 4.78 is 0. The second-order valence-corrected chi connectivity index (χ2v) is 2.14. The normalized spacial score (nSPS) is 7.85. The SMILES string of the molecule is CCO.CCO.OCCCCCO. The third-order valence-corrected chi connectivity index (χ3v) is 0.816. The standard InChI is InChI=1S/C5H12O2.2C2H6O/c6-4-2-1-3-5-7;2*1-2-3/h6-7H,1-5H2;2*3H,2H2,1H3. The molecule has 0 unspecified atom stereocenters. The molecule has 13 heavy (non-hydrogen) atoms. The molecule has 0 aromatic rings. The summed E-state index contributed by atoms with van der Waals surface area (Å²) in [4.78, 5) is 0. The fourth-order valence-corrected chi connectivity index (χ4v) is 0.400. The van der Waals surface area contributed by atoms with Crippen molar-refractivity contribution >= 4 is 0 Å². The maximum Gasteiger partial charge on any atom is 0.0431 e. The molecule has 0 radical (unpaired) electrons. The molecule has 0 aromatic heterocycles. The van der Waals surface area contributed by atoms with E-state index in [0.29, 0.717) is 0 Å². The summed E-state index contributed by atoms with van der Waals surface area (Å²) in [7, 11) is 0. The van der Waals surface area contributed by atoms with Crippen molar-refractivity contribution in [2.75, 3.05) is 26.4 Å². The zero-order valence-corrected chi connectivity index (χ0v) is 8.74. The molecule has 0 saturated carbocycles. The van der Waals surface area contributed by atoms with Gasteiger partial charge in [-0.1, -0.05) is 0 Å². The maximum absolute atomic E-state index is 8.21. The van der Waals surface area contributed by atoms with Crippen LogP contribution in [0.25, 0.3) is 0 Å². The third-order valence-electron chi connectivity index (χ3n) is 0.816. The van der Waals surface area contributed by atoms with Crippen molar-refractivity contribution < 1.29 is 20.4 Å². The minimum absolute atomic E-state index is 0.250. The van der Waals surface area contributed by atoms with Gasteiger partial charge in [0.25, 0.3) is 0 Å². The molecule has 4 N–H and O–H groups in total. The van der Waals surface area contributed by atoms with Gasteiger partial charge in [0, 0.05) is 26.4 Å². The van der Waals surface area contributed by atoms with E-state index in [9.17, 15) is 0 Å². The van der Waals surface area contributed by atoms with Crippen LogP contribution in [0, 0.1) is 0 Å². The van der Waals surface area contributed by atoms with Crippen LogP contribution in [0.2, 0.25) is 0 Å². The van der Waals surface area contributed by atoms with Crippen molar-refractivity contribution in [1.82, 2.24) is 0 Å². The molecule has 0 saturated heterocycles. The lowest BCUT2D eigenvalue weighted by Crippen LogP contribution is -1.85. The van der Waals surface area contributed by atoms with Crippen LogP contribution in [0.5, 0.6) is 0 Å². The van der Waals surface area contributed by atoms with Crippen LogP contribution in [0.1, 0.15) is 33.1 Å². The second-order valence-electron chi connectivity index (χ2n) is 2.14. The van der Waals surface area contributed by atoms with Gasteiger partial charge in [0.1, 0.15) is 0 Å². The highest BCUT2D eigenvalue weighted by Gasteiger charge is 1.81. The molecule has 4 nitrogen and oxygen atoms in total. The van der Waals surface area contributed by atoms with Crippen molar-refractivity contribution in [1.29, 1.82) is 0 Å². The highest BCUT2D eigenvalue weighted by molar-refractivity contribution is 4.35. The van der Waals surface area contributed by atoms with Gasteiger partial charge in [-0.3, -0.25) is 0 Å². The first-order chi connectivity index (χ1) is 6.24. The van der Waals surface area contributed by atoms with E-state index in [-0.39, 0.29) is 26.4 Å². The minimum Gasteiger partial charge on any atom is -0.397 e. The Hall–Kier alpha value is -0.160. The van der Waals surface area contributed by atoms with Crippen molar-refractivity contribution in [2.45, 2.75) is 33.1 Å². The first-order valence-corrected chi connectivity index (χ1v) is 4.68. The summed E-state index contributed by atoms with van der Waals surface area (Å²) >= 11 is 0. The Labute approximate surface area is 80.8 Å². The Kier molecular flexibility index (Phi) is 42.5. The Morgan fingerprint density at radius 1 is 0.615 bits per heavy atom. The summed E-state index contributed by atoms with van der Waals surface area (Å²) in [5, 5.41) is 31.6. The summed E-state index contributed by atoms with van der Waals surface area (Å²) in [6, 6.07) is 0. The number of hydrogen-bond donors (Lipinski definition) is 4. The lowest BCUT2D eigenvalue weighted by Gasteiger charge is -1.90. The Balaban J connectivity index is -0.000000140. The predicted molar refractivity (Wildman–Crippen MR) is 53.5 cm³/mol. The average molecular weight is 196 g/mol. The van der Waals surface area contributed by atoms with Gasteiger partial charge in [-0.15, -0.1) is 0 Å². The first kappa shape index (κ1) is 18.6. The highest BCUT2D eigenvalue weighted by atomic mass is 16.3. The zero-order chi connectivity index (χ0) is 10.9. The molecule has 0 atom stereocenters. The average Bonchev–Trinajstić information content (AvgIpc) is 2.08. The maximum atomic E-state index is 8.21. The molecule has 4 heteroatoms. The van der Waals surface area contributed by atoms with E-state index in [1.165, 1.54) is 0 Å². The van der Waals surface area contributed by atoms with Crippen LogP contribution in [0.3, 0.4) is 0 Å². The van der Waals surface area contributed by atoms with E-state index < -0.39 is 0 Å². The van der Waals surface area contributed by atoms with Gasteiger partial charge in [-0.25, -0.2) is 0 Å². The fraction of sp³-hybridized carbons (Fsp3) is 1.00. The molecule has 0 aliphatic heterocycles. The van der Waals surface area contributed by atoms with Gasteiger partial charge in [0.05, 0.1) is 0 Å². The van der Waals surface area contributed by atoms with Crippen LogP contribution in [0.4, 0.5) is 0 Å². The number of rotatable bonds is 4. The van der Waals surface area contributed by atoms with E-state index in [1.54, 1.807) is 13.8 Å². The second kappa shape index (κ2) is 29.7. The third kappa shape index (κ3) is 77.7. The molecule has 0 aliphatic rings. The molecule has 0 bridgehead atoms. The highest BCUT2D eigenvalue weighted by Crippen LogP contribution is 1.90. The molecule has 0 rings (SSSR count). The van der Waals surface area contributed by atoms with E-state index in [2.05, 4.69) is 0 Å². The molecule has 0 aromatic carbocycles. The first-order valence-electron chi connectivity index (χ1n) is 4.68. The minimum atomic E-state index is 0.250. The lowest BCUT2D eigenvalue weighted by atomic mass is 10.2. The van der Waals surface area contributed by atoms with Gasteiger partial charge >= 0.3 is 0 Å². The smallest absolute Gasteiger partial charge is 0.0431 e. The van der Waals surface area contributed by atoms with Crippen molar-refractivity contribution in [3.05, 3.63) is 0 Å². The van der Waals surface area contributed by atoms with Gasteiger partial charge in [0.15, 0.2) is 0 Å². The Morgan fingerprint density at radius 3 is 1.00 bits per heavy atom. The zero-order valence-electron chi connectivity index (χ0n) is 8.74. The molecule has 0 amide bonds. The topological polar surface area (TPSA) is 80.9 Å². The molecule has 0 fully saturated rings. The van der Waals surface area contributed by atoms with Crippen molar-refractivity contribution in [2.24, 2.45) is 0 Å². The number of unbranched alkanes of at least 4 members (excludes halogenated alkanes) is 2. The van der Waals surface area contributed by atoms with Crippen LogP contribution in [0.15, 0.2) is 0 Å². The Bertz CT molecular complexity index is 44.9. The van der Waals surface area contributed by atoms with Gasteiger partial charge < -0.3 is 20.4 Å². The molecule has 0 spiro atoms. The summed E-state index contributed by atoms with van der Waals surface area (Å²) in [5.41, 5.74) is 0. The van der Waals surface area contributed by atoms with E-state index in [0.717, 1.165) is 19.3 Å². The summed E-state index contributed by atoms with van der Waals surface area (Å²) in [6.07, 6.45) is 2.58. The van der Waals surface area contributed by atoms with Crippen LogP contribution in [-0.4, -0.2) is 46.9 Å². The number of aliphatic hydroxyl groups is 4. The number of aliphatic hydroxyl groups excluding tert-OH is 4. The summed E-state index contributed by atoms with van der Waals surface area (Å²) in [6.45, 7) is 4.36. The van der Waals surface area contributed by atoms with E-state index in [1.807, 2.05) is 0 Å². The molecule has 0 heterocycles. The Morgan fingerprint density at radius 2 is 0.846 bits per heavy atom. The van der Waals surface area contributed by atoms with Gasteiger partial charge in [0.2, 0.25) is 0 Å². The molecule has 84 valence electrons. The predicted octanol–water partition coefficient (Wildman–Crippen LogP) is 0.138.